The molecule has 2 saturated carbocycles. The summed E-state index contributed by atoms with van der Waals surface area (Å²) in [4.78, 5) is 12.3. The molecule has 3 heteroatoms. The normalized spacial score (nSPS) is 43.4. The van der Waals surface area contributed by atoms with Crippen molar-refractivity contribution in [1.29, 1.82) is 0 Å². The zero-order valence-electron chi connectivity index (χ0n) is 13.5. The van der Waals surface area contributed by atoms with Crippen LogP contribution in [0.1, 0.15) is 39.0 Å². The third-order valence-corrected chi connectivity index (χ3v) is 6.88. The maximum absolute atomic E-state index is 12.3. The number of methoxy groups -OCH3 is 1. The number of hydrogen-bond acceptors (Lipinski definition) is 3. The highest BCUT2D eigenvalue weighted by molar-refractivity contribution is 5.87. The van der Waals surface area contributed by atoms with Crippen LogP contribution in [0.2, 0.25) is 0 Å². The summed E-state index contributed by atoms with van der Waals surface area (Å²) in [5.41, 5.74) is 8.32. The highest BCUT2D eigenvalue weighted by Gasteiger charge is 2.55. The van der Waals surface area contributed by atoms with Crippen molar-refractivity contribution in [2.24, 2.45) is 34.8 Å². The Morgan fingerprint density at radius 3 is 2.91 bits per heavy atom. The predicted molar refractivity (Wildman–Crippen MR) is 85.6 cm³/mol. The van der Waals surface area contributed by atoms with Gasteiger partial charge in [-0.1, -0.05) is 19.1 Å². The summed E-state index contributed by atoms with van der Waals surface area (Å²) in [6.07, 6.45) is 11.8. The lowest BCUT2D eigenvalue weighted by Gasteiger charge is -2.50. The first-order valence-corrected chi connectivity index (χ1v) is 8.52. The molecule has 3 nitrogen and oxygen atoms in total. The van der Waals surface area contributed by atoms with E-state index in [1.54, 1.807) is 7.11 Å². The highest BCUT2D eigenvalue weighted by atomic mass is 16.5. The summed E-state index contributed by atoms with van der Waals surface area (Å²) in [5, 5.41) is 0. The molecule has 4 aliphatic carbocycles. The van der Waals surface area contributed by atoms with Gasteiger partial charge < -0.3 is 10.5 Å². The molecule has 0 bridgehead atoms. The summed E-state index contributed by atoms with van der Waals surface area (Å²) < 4.78 is 5.37. The molecule has 0 aromatic carbocycles. The molecule has 4 rings (SSSR count). The quantitative estimate of drug-likeness (QED) is 0.808. The first-order valence-electron chi connectivity index (χ1n) is 8.52. The van der Waals surface area contributed by atoms with Gasteiger partial charge in [-0.05, 0) is 55.1 Å². The summed E-state index contributed by atoms with van der Waals surface area (Å²) in [7, 11) is 1.68. The lowest BCUT2D eigenvalue weighted by Crippen LogP contribution is -2.45. The summed E-state index contributed by atoms with van der Waals surface area (Å²) >= 11 is 0. The average molecular weight is 299 g/mol. The van der Waals surface area contributed by atoms with Crippen LogP contribution >= 0.6 is 0 Å². The second-order valence-corrected chi connectivity index (χ2v) is 7.61. The Balaban J connectivity index is 1.69. The van der Waals surface area contributed by atoms with E-state index >= 15 is 0 Å². The SMILES string of the molecule is COC1=C(N)C2=CC[C@@H]3[C@H](CC[C@]4(C)C(=O)CC[C@@H]34)[C@H]2C=C1. The minimum atomic E-state index is -0.0516. The number of Topliss-reactive ketones (excluding diaryl/α,β-unsaturated/α-hetero) is 1. The molecule has 0 aromatic rings. The molecule has 0 heterocycles. The Bertz CT molecular complexity index is 615. The molecule has 0 saturated heterocycles. The third-order valence-electron chi connectivity index (χ3n) is 6.88. The van der Waals surface area contributed by atoms with Crippen LogP contribution in [-0.4, -0.2) is 12.9 Å². The Kier molecular flexibility index (Phi) is 3.04. The summed E-state index contributed by atoms with van der Waals surface area (Å²) in [6, 6.07) is 0. The minimum Gasteiger partial charge on any atom is -0.495 e. The van der Waals surface area contributed by atoms with Crippen molar-refractivity contribution in [1.82, 2.24) is 0 Å². The Morgan fingerprint density at radius 2 is 2.14 bits per heavy atom. The second-order valence-electron chi connectivity index (χ2n) is 7.61. The van der Waals surface area contributed by atoms with E-state index in [9.17, 15) is 4.79 Å². The smallest absolute Gasteiger partial charge is 0.141 e. The second kappa shape index (κ2) is 4.74. The molecule has 0 amide bonds. The predicted octanol–water partition coefficient (Wildman–Crippen LogP) is 3.33. The van der Waals surface area contributed by atoms with E-state index < -0.39 is 0 Å². The zero-order chi connectivity index (χ0) is 15.5. The van der Waals surface area contributed by atoms with Crippen LogP contribution in [0.3, 0.4) is 0 Å². The van der Waals surface area contributed by atoms with Gasteiger partial charge in [-0.15, -0.1) is 0 Å². The Hall–Kier alpha value is -1.51. The minimum absolute atomic E-state index is 0.0516. The van der Waals surface area contributed by atoms with Crippen LogP contribution in [0.4, 0.5) is 0 Å². The van der Waals surface area contributed by atoms with E-state index in [4.69, 9.17) is 10.5 Å². The Labute approximate surface area is 132 Å². The molecule has 2 N–H and O–H groups in total. The molecule has 4 aliphatic rings. The van der Waals surface area contributed by atoms with Crippen molar-refractivity contribution in [3.05, 3.63) is 35.3 Å². The van der Waals surface area contributed by atoms with Crippen molar-refractivity contribution in [2.75, 3.05) is 7.11 Å². The standard InChI is InChI=1S/C19H25NO2/c1-19-10-9-12-11-5-7-16(22-2)18(20)14(11)4-3-13(12)15(19)6-8-17(19)21/h4-5,7,11-13,15H,3,6,8-10,20H2,1-2H3/t11-,12-,13-,15+,19+/m1/s1. The zero-order valence-corrected chi connectivity index (χ0v) is 13.5. The molecule has 0 unspecified atom stereocenters. The van der Waals surface area contributed by atoms with E-state index in [1.165, 1.54) is 5.57 Å². The van der Waals surface area contributed by atoms with Gasteiger partial charge in [0.2, 0.25) is 0 Å². The lowest BCUT2D eigenvalue weighted by atomic mass is 9.54. The van der Waals surface area contributed by atoms with Crippen molar-refractivity contribution in [3.8, 4) is 0 Å². The number of carbonyl (C=O) groups excluding carboxylic acids is 1. The van der Waals surface area contributed by atoms with Gasteiger partial charge in [0.05, 0.1) is 12.8 Å². The maximum atomic E-state index is 12.3. The van der Waals surface area contributed by atoms with Crippen molar-refractivity contribution in [2.45, 2.75) is 39.0 Å². The first kappa shape index (κ1) is 14.1. The van der Waals surface area contributed by atoms with Gasteiger partial charge in [0.1, 0.15) is 11.5 Å². The number of ketones is 1. The van der Waals surface area contributed by atoms with Crippen LogP contribution in [0.25, 0.3) is 0 Å². The van der Waals surface area contributed by atoms with E-state index in [0.717, 1.165) is 43.6 Å². The fraction of sp³-hybridized carbons (Fsp3) is 0.632. The number of hydrogen-bond donors (Lipinski definition) is 1. The van der Waals surface area contributed by atoms with E-state index in [1.807, 2.05) is 6.08 Å². The molecule has 118 valence electrons. The topological polar surface area (TPSA) is 52.3 Å². The van der Waals surface area contributed by atoms with E-state index in [-0.39, 0.29) is 5.41 Å². The van der Waals surface area contributed by atoms with Gasteiger partial charge in [0, 0.05) is 17.8 Å². The maximum Gasteiger partial charge on any atom is 0.141 e. The van der Waals surface area contributed by atoms with Gasteiger partial charge in [0.25, 0.3) is 0 Å². The number of rotatable bonds is 1. The van der Waals surface area contributed by atoms with Gasteiger partial charge in [-0.2, -0.15) is 0 Å². The van der Waals surface area contributed by atoms with Crippen LogP contribution in [0, 0.1) is 29.1 Å². The summed E-state index contributed by atoms with van der Waals surface area (Å²) in [6.45, 7) is 2.22. The number of fused-ring (bicyclic) bond motifs is 5. The van der Waals surface area contributed by atoms with Crippen LogP contribution in [0.5, 0.6) is 0 Å². The number of carbonyl (C=O) groups is 1. The lowest BCUT2D eigenvalue weighted by molar-refractivity contribution is -0.130. The fourth-order valence-electron chi connectivity index (χ4n) is 5.64. The Morgan fingerprint density at radius 1 is 1.32 bits per heavy atom. The van der Waals surface area contributed by atoms with Crippen LogP contribution in [-0.2, 0) is 9.53 Å². The molecule has 0 aliphatic heterocycles. The summed E-state index contributed by atoms with van der Waals surface area (Å²) in [5.74, 6) is 3.55. The third kappa shape index (κ3) is 1.71. The van der Waals surface area contributed by atoms with E-state index in [2.05, 4.69) is 19.1 Å². The molecule has 0 radical (unpaired) electrons. The number of ether oxygens (including phenoxy) is 1. The molecule has 22 heavy (non-hydrogen) atoms. The van der Waals surface area contributed by atoms with Crippen LogP contribution < -0.4 is 5.73 Å². The molecule has 2 fully saturated rings. The molecule has 0 aromatic heterocycles. The largest absolute Gasteiger partial charge is 0.495 e. The number of nitrogens with two attached hydrogens (primary N) is 1. The number of allylic oxidation sites excluding steroid dienone is 4. The molecular formula is C19H25NO2. The van der Waals surface area contributed by atoms with Gasteiger partial charge >= 0.3 is 0 Å². The fourth-order valence-corrected chi connectivity index (χ4v) is 5.64. The van der Waals surface area contributed by atoms with Gasteiger partial charge in [-0.3, -0.25) is 4.79 Å². The monoisotopic (exact) mass is 299 g/mol. The van der Waals surface area contributed by atoms with Crippen molar-refractivity contribution < 1.29 is 9.53 Å². The molecule has 0 spiro atoms. The van der Waals surface area contributed by atoms with Gasteiger partial charge in [-0.25, -0.2) is 0 Å². The highest BCUT2D eigenvalue weighted by Crippen LogP contribution is 2.59. The van der Waals surface area contributed by atoms with Crippen LogP contribution in [0.15, 0.2) is 35.3 Å². The van der Waals surface area contributed by atoms with Gasteiger partial charge in [0.15, 0.2) is 0 Å². The van der Waals surface area contributed by atoms with Crippen molar-refractivity contribution >= 4 is 5.78 Å². The van der Waals surface area contributed by atoms with E-state index in [0.29, 0.717) is 29.5 Å². The molecule has 5 atom stereocenters. The first-order chi connectivity index (χ1) is 10.6. The van der Waals surface area contributed by atoms with Crippen molar-refractivity contribution in [3.63, 3.8) is 0 Å². The average Bonchev–Trinajstić information content (AvgIpc) is 2.83. The molecular weight excluding hydrogens is 274 g/mol.